The van der Waals surface area contributed by atoms with Crippen LogP contribution in [0.2, 0.25) is 10.0 Å². The molecule has 1 aromatic carbocycles. The normalized spacial score (nSPS) is 10.3. The van der Waals surface area contributed by atoms with Gasteiger partial charge in [-0.25, -0.2) is 0 Å². The van der Waals surface area contributed by atoms with Crippen molar-refractivity contribution in [1.29, 1.82) is 0 Å². The minimum Gasteiger partial charge on any atom is -0.494 e. The first kappa shape index (κ1) is 13.8. The first-order chi connectivity index (χ1) is 9.13. The molecule has 0 radical (unpaired) electrons. The number of carbonyl (C=O) groups is 1. The van der Waals surface area contributed by atoms with Gasteiger partial charge in [0.2, 0.25) is 0 Å². The van der Waals surface area contributed by atoms with E-state index in [-0.39, 0.29) is 17.2 Å². The highest BCUT2D eigenvalue weighted by molar-refractivity contribution is 6.37. The maximum atomic E-state index is 12.1. The van der Waals surface area contributed by atoms with Crippen LogP contribution < -0.4 is 10.1 Å². The second kappa shape index (κ2) is 5.99. The molecule has 2 aromatic rings. The zero-order valence-electron chi connectivity index (χ0n) is 10.2. The molecule has 2 rings (SSSR count). The van der Waals surface area contributed by atoms with E-state index >= 15 is 0 Å². The monoisotopic (exact) mass is 298 g/mol. The molecule has 0 saturated carbocycles. The van der Waals surface area contributed by atoms with Gasteiger partial charge in [0, 0.05) is 18.9 Å². The van der Waals surface area contributed by atoms with Gasteiger partial charge in [-0.1, -0.05) is 23.2 Å². The molecule has 0 fully saturated rings. The maximum Gasteiger partial charge on any atom is 0.256 e. The summed E-state index contributed by atoms with van der Waals surface area (Å²) >= 11 is 12.0. The Morgan fingerprint density at radius 2 is 2.05 bits per heavy atom. The number of nitrogens with one attached hydrogen (secondary N) is 2. The third kappa shape index (κ3) is 3.03. The van der Waals surface area contributed by atoms with Gasteiger partial charge in [-0.3, -0.25) is 4.79 Å². The lowest BCUT2D eigenvalue weighted by Crippen LogP contribution is -2.23. The average molecular weight is 299 g/mol. The van der Waals surface area contributed by atoms with Gasteiger partial charge < -0.3 is 15.0 Å². The molecule has 1 heterocycles. The zero-order chi connectivity index (χ0) is 13.8. The molecule has 0 aliphatic heterocycles. The molecule has 19 heavy (non-hydrogen) atoms. The molecule has 1 amide bonds. The number of methoxy groups -OCH3 is 1. The van der Waals surface area contributed by atoms with Crippen LogP contribution in [0.4, 0.5) is 0 Å². The van der Waals surface area contributed by atoms with E-state index in [1.54, 1.807) is 24.5 Å². The molecule has 100 valence electrons. The van der Waals surface area contributed by atoms with Gasteiger partial charge in [0.05, 0.1) is 17.2 Å². The molecule has 2 N–H and O–H groups in total. The van der Waals surface area contributed by atoms with Crippen LogP contribution in [-0.4, -0.2) is 18.0 Å². The van der Waals surface area contributed by atoms with Gasteiger partial charge in [0.1, 0.15) is 5.56 Å². The van der Waals surface area contributed by atoms with Crippen LogP contribution in [0.1, 0.15) is 15.9 Å². The second-order valence-corrected chi connectivity index (χ2v) is 4.65. The summed E-state index contributed by atoms with van der Waals surface area (Å²) in [4.78, 5) is 15.1. The molecule has 4 nitrogen and oxygen atoms in total. The molecule has 0 saturated heterocycles. The van der Waals surface area contributed by atoms with Crippen LogP contribution in [0, 0.1) is 0 Å². The van der Waals surface area contributed by atoms with Gasteiger partial charge in [-0.2, -0.15) is 0 Å². The molecular formula is C13H12Cl2N2O2. The number of carbonyl (C=O) groups excluding carboxylic acids is 1. The highest BCUT2D eigenvalue weighted by Gasteiger charge is 2.19. The van der Waals surface area contributed by atoms with Crippen molar-refractivity contribution in [2.75, 3.05) is 7.11 Å². The minimum atomic E-state index is -0.328. The molecule has 0 bridgehead atoms. The molecule has 0 aliphatic carbocycles. The van der Waals surface area contributed by atoms with Crippen molar-refractivity contribution in [3.63, 3.8) is 0 Å². The van der Waals surface area contributed by atoms with Crippen LogP contribution >= 0.6 is 23.2 Å². The summed E-state index contributed by atoms with van der Waals surface area (Å²) in [5.74, 6) is -0.0497. The van der Waals surface area contributed by atoms with Crippen molar-refractivity contribution in [2.24, 2.45) is 0 Å². The summed E-state index contributed by atoms with van der Waals surface area (Å²) in [5, 5.41) is 3.41. The number of hydrogen-bond acceptors (Lipinski definition) is 2. The fourth-order valence-corrected chi connectivity index (χ4v) is 2.15. The van der Waals surface area contributed by atoms with E-state index < -0.39 is 0 Å². The van der Waals surface area contributed by atoms with Crippen molar-refractivity contribution >= 4 is 29.1 Å². The first-order valence-electron chi connectivity index (χ1n) is 5.55. The Morgan fingerprint density at radius 3 is 2.68 bits per heavy atom. The molecule has 1 aromatic heterocycles. The Kier molecular flexibility index (Phi) is 4.35. The lowest BCUT2D eigenvalue weighted by Gasteiger charge is -2.12. The maximum absolute atomic E-state index is 12.1. The highest BCUT2D eigenvalue weighted by atomic mass is 35.5. The van der Waals surface area contributed by atoms with E-state index in [0.717, 1.165) is 5.56 Å². The zero-order valence-corrected chi connectivity index (χ0v) is 11.7. The number of hydrogen-bond donors (Lipinski definition) is 2. The molecule has 0 unspecified atom stereocenters. The SMILES string of the molecule is COc1c(Cl)ccc(Cl)c1C(=O)NCc1cc[nH]c1. The van der Waals surface area contributed by atoms with Crippen LogP contribution in [0.25, 0.3) is 0 Å². The van der Waals surface area contributed by atoms with Crippen LogP contribution in [0.15, 0.2) is 30.6 Å². The Hall–Kier alpha value is -1.65. The van der Waals surface area contributed by atoms with E-state index in [4.69, 9.17) is 27.9 Å². The lowest BCUT2D eigenvalue weighted by atomic mass is 10.1. The topological polar surface area (TPSA) is 54.1 Å². The molecule has 0 atom stereocenters. The summed E-state index contributed by atoms with van der Waals surface area (Å²) in [7, 11) is 1.44. The summed E-state index contributed by atoms with van der Waals surface area (Å²) < 4.78 is 5.13. The number of aromatic nitrogens is 1. The number of amides is 1. The Bertz CT molecular complexity index is 583. The highest BCUT2D eigenvalue weighted by Crippen LogP contribution is 2.33. The van der Waals surface area contributed by atoms with E-state index in [1.165, 1.54) is 7.11 Å². The largest absolute Gasteiger partial charge is 0.494 e. The summed E-state index contributed by atoms with van der Waals surface area (Å²) in [6.45, 7) is 0.397. The smallest absolute Gasteiger partial charge is 0.256 e. The van der Waals surface area contributed by atoms with E-state index in [9.17, 15) is 4.79 Å². The number of ether oxygens (including phenoxy) is 1. The molecule has 0 spiro atoms. The Labute approximate surface area is 120 Å². The summed E-state index contributed by atoms with van der Waals surface area (Å²) in [6, 6.07) is 5.03. The van der Waals surface area contributed by atoms with Crippen molar-refractivity contribution < 1.29 is 9.53 Å². The van der Waals surface area contributed by atoms with Crippen molar-refractivity contribution in [3.05, 3.63) is 51.8 Å². The molecule has 6 heteroatoms. The van der Waals surface area contributed by atoms with Gasteiger partial charge in [0.15, 0.2) is 5.75 Å². The van der Waals surface area contributed by atoms with Gasteiger partial charge in [-0.15, -0.1) is 0 Å². The van der Waals surface area contributed by atoms with E-state index in [2.05, 4.69) is 10.3 Å². The minimum absolute atomic E-state index is 0.243. The van der Waals surface area contributed by atoms with Crippen molar-refractivity contribution in [2.45, 2.75) is 6.54 Å². The van der Waals surface area contributed by atoms with Crippen LogP contribution in [0.3, 0.4) is 0 Å². The summed E-state index contributed by atoms with van der Waals surface area (Å²) in [6.07, 6.45) is 3.59. The third-order valence-electron chi connectivity index (χ3n) is 2.61. The standard InChI is InChI=1S/C13H12Cl2N2O2/c1-19-12-10(15)3-2-9(14)11(12)13(18)17-7-8-4-5-16-6-8/h2-6,16H,7H2,1H3,(H,17,18). The quantitative estimate of drug-likeness (QED) is 0.910. The van der Waals surface area contributed by atoms with Crippen molar-refractivity contribution in [1.82, 2.24) is 10.3 Å². The van der Waals surface area contributed by atoms with Gasteiger partial charge >= 0.3 is 0 Å². The first-order valence-corrected chi connectivity index (χ1v) is 6.31. The van der Waals surface area contributed by atoms with Gasteiger partial charge in [0.25, 0.3) is 5.91 Å². The van der Waals surface area contributed by atoms with Crippen LogP contribution in [0.5, 0.6) is 5.75 Å². The average Bonchev–Trinajstić information content (AvgIpc) is 2.91. The Balaban J connectivity index is 2.21. The number of aromatic amines is 1. The molecule has 0 aliphatic rings. The lowest BCUT2D eigenvalue weighted by molar-refractivity contribution is 0.0948. The van der Waals surface area contributed by atoms with E-state index in [1.807, 2.05) is 6.07 Å². The Morgan fingerprint density at radius 1 is 1.32 bits per heavy atom. The summed E-state index contributed by atoms with van der Waals surface area (Å²) in [5.41, 5.74) is 1.21. The van der Waals surface area contributed by atoms with Gasteiger partial charge in [-0.05, 0) is 23.8 Å². The number of benzene rings is 1. The van der Waals surface area contributed by atoms with Crippen molar-refractivity contribution in [3.8, 4) is 5.75 Å². The number of H-pyrrole nitrogens is 1. The van der Waals surface area contributed by atoms with E-state index in [0.29, 0.717) is 16.6 Å². The number of rotatable bonds is 4. The predicted molar refractivity (Wildman–Crippen MR) is 75.0 cm³/mol. The fraction of sp³-hybridized carbons (Fsp3) is 0.154. The third-order valence-corrected chi connectivity index (χ3v) is 3.22. The fourth-order valence-electron chi connectivity index (χ4n) is 1.68. The predicted octanol–water partition coefficient (Wildman–Crippen LogP) is 3.26. The number of halogens is 2. The van der Waals surface area contributed by atoms with Crippen LogP contribution in [-0.2, 0) is 6.54 Å². The second-order valence-electron chi connectivity index (χ2n) is 3.84. The molecular weight excluding hydrogens is 287 g/mol.